The van der Waals surface area contributed by atoms with Crippen molar-refractivity contribution in [1.29, 1.82) is 0 Å². The van der Waals surface area contributed by atoms with Crippen LogP contribution < -0.4 is 5.32 Å². The number of hydrogen-bond acceptors (Lipinski definition) is 5. The lowest BCUT2D eigenvalue weighted by Gasteiger charge is -2.17. The van der Waals surface area contributed by atoms with E-state index in [9.17, 15) is 4.79 Å². The Morgan fingerprint density at radius 3 is 3.08 bits per heavy atom. The van der Waals surface area contributed by atoms with Crippen LogP contribution in [-0.4, -0.2) is 50.5 Å². The van der Waals surface area contributed by atoms with E-state index in [-0.39, 0.29) is 5.91 Å². The number of carbonyl (C=O) groups excluding carboxylic acids is 1. The average molecular weight is 350 g/mol. The van der Waals surface area contributed by atoms with Crippen LogP contribution in [0, 0.1) is 12.8 Å². The van der Waals surface area contributed by atoms with Crippen molar-refractivity contribution in [2.75, 3.05) is 19.6 Å². The molecule has 1 amide bonds. The van der Waals surface area contributed by atoms with Crippen molar-refractivity contribution in [3.8, 4) is 0 Å². The van der Waals surface area contributed by atoms with Gasteiger partial charge in [0.2, 0.25) is 0 Å². The Hall–Kier alpha value is -2.80. The molecule has 3 heterocycles. The van der Waals surface area contributed by atoms with E-state index >= 15 is 0 Å². The highest BCUT2D eigenvalue weighted by molar-refractivity contribution is 5.94. The summed E-state index contributed by atoms with van der Waals surface area (Å²) in [6.45, 7) is 5.92. The number of likely N-dealkylation sites (tertiary alicyclic amines) is 1. The van der Waals surface area contributed by atoms with Gasteiger partial charge in [0.25, 0.3) is 5.91 Å². The van der Waals surface area contributed by atoms with Gasteiger partial charge < -0.3 is 5.32 Å². The molecule has 7 nitrogen and oxygen atoms in total. The molecule has 1 aliphatic rings. The maximum absolute atomic E-state index is 12.4. The van der Waals surface area contributed by atoms with Gasteiger partial charge in [0.05, 0.1) is 0 Å². The lowest BCUT2D eigenvalue weighted by molar-refractivity contribution is 0.0947. The molecule has 1 fully saturated rings. The summed E-state index contributed by atoms with van der Waals surface area (Å²) in [6.07, 6.45) is 2.81. The third kappa shape index (κ3) is 3.57. The number of tetrazole rings is 1. The number of aromatic nitrogens is 4. The summed E-state index contributed by atoms with van der Waals surface area (Å²) in [7, 11) is 0. The van der Waals surface area contributed by atoms with Crippen LogP contribution in [0.1, 0.15) is 27.9 Å². The zero-order valence-corrected chi connectivity index (χ0v) is 14.8. The fraction of sp³-hybridized carbons (Fsp3) is 0.368. The molecule has 1 N–H and O–H groups in total. The second kappa shape index (κ2) is 7.21. The zero-order chi connectivity index (χ0) is 17.9. The Balaban J connectivity index is 1.30. The van der Waals surface area contributed by atoms with Crippen molar-refractivity contribution in [2.45, 2.75) is 19.9 Å². The first-order valence-electron chi connectivity index (χ1n) is 8.92. The number of nitrogens with zero attached hydrogens (tertiary/aromatic N) is 5. The second-order valence-electron chi connectivity index (χ2n) is 6.92. The molecule has 1 aliphatic heterocycles. The number of amides is 1. The van der Waals surface area contributed by atoms with Gasteiger partial charge in [-0.25, -0.2) is 4.52 Å². The molecule has 1 atom stereocenters. The minimum Gasteiger partial charge on any atom is -0.352 e. The molecule has 7 heteroatoms. The molecule has 1 saturated heterocycles. The van der Waals surface area contributed by atoms with Crippen LogP contribution >= 0.6 is 0 Å². The summed E-state index contributed by atoms with van der Waals surface area (Å²) in [5.74, 6) is 0.411. The predicted octanol–water partition coefficient (Wildman–Crippen LogP) is 1.68. The summed E-state index contributed by atoms with van der Waals surface area (Å²) in [4.78, 5) is 14.8. The van der Waals surface area contributed by atoms with Crippen molar-refractivity contribution in [3.05, 3.63) is 59.3 Å². The smallest absolute Gasteiger partial charge is 0.251 e. The number of pyridine rings is 1. The number of hydrogen-bond donors (Lipinski definition) is 1. The maximum Gasteiger partial charge on any atom is 0.251 e. The number of rotatable bonds is 5. The molecule has 1 aromatic carbocycles. The molecule has 26 heavy (non-hydrogen) atoms. The van der Waals surface area contributed by atoms with Crippen LogP contribution in [0.15, 0.2) is 42.6 Å². The number of aryl methyl sites for hydroxylation is 1. The summed E-state index contributed by atoms with van der Waals surface area (Å²) in [5, 5.41) is 14.3. The predicted molar refractivity (Wildman–Crippen MR) is 97.7 cm³/mol. The van der Waals surface area contributed by atoms with Crippen molar-refractivity contribution < 1.29 is 4.79 Å². The van der Waals surface area contributed by atoms with Gasteiger partial charge in [0.1, 0.15) is 0 Å². The van der Waals surface area contributed by atoms with Crippen LogP contribution in [0.5, 0.6) is 0 Å². The number of carbonyl (C=O) groups is 1. The maximum atomic E-state index is 12.4. The quantitative estimate of drug-likeness (QED) is 0.758. The van der Waals surface area contributed by atoms with E-state index in [1.807, 2.05) is 0 Å². The van der Waals surface area contributed by atoms with Crippen LogP contribution in [-0.2, 0) is 6.54 Å². The number of nitrogens with one attached hydrogen (secondary N) is 1. The first-order valence-corrected chi connectivity index (χ1v) is 8.92. The van der Waals surface area contributed by atoms with Gasteiger partial charge >= 0.3 is 0 Å². The fourth-order valence-corrected chi connectivity index (χ4v) is 3.47. The van der Waals surface area contributed by atoms with Crippen molar-refractivity contribution in [3.63, 3.8) is 0 Å². The first-order chi connectivity index (χ1) is 12.7. The largest absolute Gasteiger partial charge is 0.352 e. The molecule has 0 unspecified atom stereocenters. The minimum absolute atomic E-state index is 0.0761. The molecule has 0 radical (unpaired) electrons. The molecule has 2 aromatic heterocycles. The summed E-state index contributed by atoms with van der Waals surface area (Å²) >= 11 is 0. The monoisotopic (exact) mass is 350 g/mol. The van der Waals surface area contributed by atoms with Crippen molar-refractivity contribution in [2.24, 2.45) is 5.92 Å². The first kappa shape index (κ1) is 16.7. The summed E-state index contributed by atoms with van der Waals surface area (Å²) < 4.78 is 1.54. The van der Waals surface area contributed by atoms with Gasteiger partial charge in [0.15, 0.2) is 5.65 Å². The van der Waals surface area contributed by atoms with E-state index in [0.717, 1.165) is 26.1 Å². The zero-order valence-electron chi connectivity index (χ0n) is 14.8. The normalized spacial score (nSPS) is 17.7. The average Bonchev–Trinajstić information content (AvgIpc) is 3.30. The van der Waals surface area contributed by atoms with E-state index in [2.05, 4.69) is 56.9 Å². The van der Waals surface area contributed by atoms with Crippen LogP contribution in [0.4, 0.5) is 0 Å². The molecule has 0 spiro atoms. The van der Waals surface area contributed by atoms with E-state index in [0.29, 0.717) is 23.7 Å². The van der Waals surface area contributed by atoms with Crippen LogP contribution in [0.25, 0.3) is 5.65 Å². The Morgan fingerprint density at radius 1 is 1.31 bits per heavy atom. The minimum atomic E-state index is -0.0761. The third-order valence-electron chi connectivity index (χ3n) is 5.04. The summed E-state index contributed by atoms with van der Waals surface area (Å²) in [6, 6.07) is 12.0. The van der Waals surface area contributed by atoms with Crippen molar-refractivity contribution in [1.82, 2.24) is 30.3 Å². The Labute approximate surface area is 152 Å². The van der Waals surface area contributed by atoms with Gasteiger partial charge in [-0.3, -0.25) is 9.69 Å². The molecule has 0 aliphatic carbocycles. The molecule has 4 rings (SSSR count). The van der Waals surface area contributed by atoms with Gasteiger partial charge in [-0.1, -0.05) is 24.3 Å². The van der Waals surface area contributed by atoms with Crippen LogP contribution in [0.3, 0.4) is 0 Å². The molecule has 0 bridgehead atoms. The van der Waals surface area contributed by atoms with Crippen LogP contribution in [0.2, 0.25) is 0 Å². The number of benzene rings is 1. The van der Waals surface area contributed by atoms with E-state index in [4.69, 9.17) is 0 Å². The molecular formula is C19H22N6O. The SMILES string of the molecule is Cc1ccccc1CN1CC[C@H](CNC(=O)c2ccn3nnnc3c2)C1. The highest BCUT2D eigenvalue weighted by Crippen LogP contribution is 2.19. The summed E-state index contributed by atoms with van der Waals surface area (Å²) in [5.41, 5.74) is 3.88. The third-order valence-corrected chi connectivity index (χ3v) is 5.04. The molecule has 3 aromatic rings. The lowest BCUT2D eigenvalue weighted by atomic mass is 10.1. The topological polar surface area (TPSA) is 75.4 Å². The fourth-order valence-electron chi connectivity index (χ4n) is 3.47. The van der Waals surface area contributed by atoms with Gasteiger partial charge in [-0.15, -0.1) is 5.10 Å². The Morgan fingerprint density at radius 2 is 2.19 bits per heavy atom. The van der Waals surface area contributed by atoms with E-state index in [1.54, 1.807) is 18.3 Å². The van der Waals surface area contributed by atoms with Crippen molar-refractivity contribution >= 4 is 11.6 Å². The lowest BCUT2D eigenvalue weighted by Crippen LogP contribution is -2.31. The highest BCUT2D eigenvalue weighted by atomic mass is 16.1. The molecular weight excluding hydrogens is 328 g/mol. The highest BCUT2D eigenvalue weighted by Gasteiger charge is 2.23. The molecule has 0 saturated carbocycles. The Bertz CT molecular complexity index is 921. The van der Waals surface area contributed by atoms with Gasteiger partial charge in [-0.05, 0) is 59.5 Å². The second-order valence-corrected chi connectivity index (χ2v) is 6.92. The standard InChI is InChI=1S/C19H22N6O/c1-14-4-2-3-5-17(14)13-24-8-6-15(12-24)11-20-19(26)16-7-9-25-18(10-16)21-22-23-25/h2-5,7,9-10,15H,6,8,11-13H2,1H3,(H,20,26)/t15-/m1/s1. The van der Waals surface area contributed by atoms with E-state index < -0.39 is 0 Å². The van der Waals surface area contributed by atoms with E-state index in [1.165, 1.54) is 15.6 Å². The Kier molecular flexibility index (Phi) is 4.62. The number of fused-ring (bicyclic) bond motifs is 1. The molecule has 134 valence electrons. The van der Waals surface area contributed by atoms with Gasteiger partial charge in [0, 0.05) is 31.4 Å². The van der Waals surface area contributed by atoms with Gasteiger partial charge in [-0.2, -0.15) is 0 Å².